The molecule has 11 rings (SSSR count). The standard InChI is InChI=1S/C61H57N5O/c1-59(2,3)42-22-19-25-46(34-42)63-40-64(54-29-18-17-28-53(54)63)47-35-44(60(4,5)6)36-49(38-47)67-48-30-31-51-55(39-48)66(56-37-43(32-33-62-56)61(7,8)41-20-11-9-12-21-41)58-50-26-15-16-27-52(50)65(57(51)58)45-23-13-10-14-24-45/h9-39H,40H2,1-8H3. The number of rotatable bonds is 8. The summed E-state index contributed by atoms with van der Waals surface area (Å²) in [5, 5.41) is 2.27. The van der Waals surface area contributed by atoms with Gasteiger partial charge in [0.2, 0.25) is 0 Å². The number of fused-ring (bicyclic) bond motifs is 6. The first-order valence-corrected chi connectivity index (χ1v) is 23.5. The molecule has 0 fully saturated rings. The predicted molar refractivity (Wildman–Crippen MR) is 280 cm³/mol. The molecule has 0 atom stereocenters. The van der Waals surface area contributed by atoms with Crippen molar-refractivity contribution in [2.24, 2.45) is 0 Å². The zero-order valence-electron chi connectivity index (χ0n) is 39.7. The van der Waals surface area contributed by atoms with Crippen LogP contribution in [0.3, 0.4) is 0 Å². The highest BCUT2D eigenvalue weighted by Crippen LogP contribution is 2.47. The zero-order chi connectivity index (χ0) is 46.2. The summed E-state index contributed by atoms with van der Waals surface area (Å²) in [7, 11) is 0. The minimum absolute atomic E-state index is 0.0403. The number of aromatic nitrogens is 3. The first-order chi connectivity index (χ1) is 32.2. The van der Waals surface area contributed by atoms with E-state index < -0.39 is 0 Å². The topological polar surface area (TPSA) is 38.5 Å². The van der Waals surface area contributed by atoms with E-state index in [1.54, 1.807) is 0 Å². The second kappa shape index (κ2) is 15.8. The molecule has 0 unspecified atom stereocenters. The number of nitrogens with zero attached hydrogens (tertiary/aromatic N) is 5. The average molecular weight is 876 g/mol. The van der Waals surface area contributed by atoms with E-state index in [9.17, 15) is 0 Å². The highest BCUT2D eigenvalue weighted by molar-refractivity contribution is 6.20. The lowest BCUT2D eigenvalue weighted by Gasteiger charge is -2.27. The van der Waals surface area contributed by atoms with Gasteiger partial charge in [0.15, 0.2) is 0 Å². The molecule has 10 aromatic rings. The van der Waals surface area contributed by atoms with Gasteiger partial charge in [0.05, 0.1) is 33.4 Å². The van der Waals surface area contributed by atoms with Crippen LogP contribution in [0.1, 0.15) is 77.6 Å². The maximum absolute atomic E-state index is 7.10. The van der Waals surface area contributed by atoms with E-state index in [0.717, 1.165) is 61.5 Å². The Morgan fingerprint density at radius 1 is 0.418 bits per heavy atom. The lowest BCUT2D eigenvalue weighted by atomic mass is 9.78. The lowest BCUT2D eigenvalue weighted by Crippen LogP contribution is -2.25. The van der Waals surface area contributed by atoms with E-state index in [-0.39, 0.29) is 16.2 Å². The molecule has 0 saturated heterocycles. The van der Waals surface area contributed by atoms with Crippen LogP contribution in [0.15, 0.2) is 188 Å². The van der Waals surface area contributed by atoms with Gasteiger partial charge in [-0.25, -0.2) is 4.98 Å². The molecule has 0 spiro atoms. The van der Waals surface area contributed by atoms with E-state index >= 15 is 0 Å². The third kappa shape index (κ3) is 7.32. The molecule has 332 valence electrons. The fraction of sp³-hybridized carbons (Fsp3) is 0.197. The lowest BCUT2D eigenvalue weighted by molar-refractivity contribution is 0.479. The molecule has 6 nitrogen and oxygen atoms in total. The smallest absolute Gasteiger partial charge is 0.137 e. The molecule has 0 amide bonds. The van der Waals surface area contributed by atoms with E-state index in [1.165, 1.54) is 39.3 Å². The minimum Gasteiger partial charge on any atom is -0.457 e. The average Bonchev–Trinajstić information content (AvgIpc) is 3.99. The number of pyridine rings is 1. The molecule has 1 aliphatic rings. The fourth-order valence-corrected chi connectivity index (χ4v) is 9.98. The number of anilines is 4. The van der Waals surface area contributed by atoms with Gasteiger partial charge in [0, 0.05) is 51.6 Å². The summed E-state index contributed by atoms with van der Waals surface area (Å²) in [6.07, 6.45) is 1.96. The first kappa shape index (κ1) is 42.1. The third-order valence-electron chi connectivity index (χ3n) is 13.8. The minimum atomic E-state index is -0.257. The van der Waals surface area contributed by atoms with Crippen molar-refractivity contribution in [3.63, 3.8) is 0 Å². The Labute approximate surface area is 394 Å². The van der Waals surface area contributed by atoms with Crippen LogP contribution >= 0.6 is 0 Å². The van der Waals surface area contributed by atoms with E-state index in [4.69, 9.17) is 9.72 Å². The summed E-state index contributed by atoms with van der Waals surface area (Å²) in [6.45, 7) is 18.9. The number of hydrogen-bond donors (Lipinski definition) is 0. The Kier molecular flexibility index (Phi) is 9.93. The molecular formula is C61H57N5O. The van der Waals surface area contributed by atoms with E-state index in [1.807, 2.05) is 6.20 Å². The molecule has 7 aromatic carbocycles. The normalized spacial score (nSPS) is 13.3. The van der Waals surface area contributed by atoms with Crippen LogP contribution in [0.25, 0.3) is 44.3 Å². The Bertz CT molecular complexity index is 3480. The fourth-order valence-electron chi connectivity index (χ4n) is 9.98. The molecule has 4 heterocycles. The van der Waals surface area contributed by atoms with Gasteiger partial charge in [-0.2, -0.15) is 0 Å². The molecule has 67 heavy (non-hydrogen) atoms. The first-order valence-electron chi connectivity index (χ1n) is 23.5. The Morgan fingerprint density at radius 2 is 1.01 bits per heavy atom. The molecule has 0 aliphatic carbocycles. The highest BCUT2D eigenvalue weighted by atomic mass is 16.5. The van der Waals surface area contributed by atoms with Gasteiger partial charge in [-0.15, -0.1) is 0 Å². The maximum Gasteiger partial charge on any atom is 0.137 e. The van der Waals surface area contributed by atoms with Gasteiger partial charge in [-0.1, -0.05) is 146 Å². The highest BCUT2D eigenvalue weighted by Gasteiger charge is 2.31. The van der Waals surface area contributed by atoms with Crippen molar-refractivity contribution in [2.75, 3.05) is 16.5 Å². The summed E-state index contributed by atoms with van der Waals surface area (Å²) in [5.74, 6) is 2.40. The zero-order valence-corrected chi connectivity index (χ0v) is 39.7. The molecule has 0 saturated carbocycles. The van der Waals surface area contributed by atoms with Crippen LogP contribution in [0.4, 0.5) is 22.7 Å². The van der Waals surface area contributed by atoms with Gasteiger partial charge >= 0.3 is 0 Å². The van der Waals surface area contributed by atoms with Gasteiger partial charge in [0.25, 0.3) is 0 Å². The largest absolute Gasteiger partial charge is 0.457 e. The molecule has 0 radical (unpaired) electrons. The second-order valence-electron chi connectivity index (χ2n) is 20.6. The van der Waals surface area contributed by atoms with Crippen LogP contribution in [-0.2, 0) is 16.2 Å². The van der Waals surface area contributed by atoms with Crippen molar-refractivity contribution in [3.05, 3.63) is 210 Å². The van der Waals surface area contributed by atoms with Crippen molar-refractivity contribution in [2.45, 2.75) is 71.6 Å². The predicted octanol–water partition coefficient (Wildman–Crippen LogP) is 16.1. The molecule has 6 heteroatoms. The Hall–Kier alpha value is -7.57. The van der Waals surface area contributed by atoms with Crippen LogP contribution in [0.2, 0.25) is 0 Å². The quantitative estimate of drug-likeness (QED) is 0.152. The van der Waals surface area contributed by atoms with Gasteiger partial charge in [0.1, 0.15) is 24.0 Å². The summed E-state index contributed by atoms with van der Waals surface area (Å²) >= 11 is 0. The van der Waals surface area contributed by atoms with Gasteiger partial charge in [-0.05, 0) is 112 Å². The third-order valence-corrected chi connectivity index (χ3v) is 13.8. The van der Waals surface area contributed by atoms with E-state index in [0.29, 0.717) is 6.67 Å². The Morgan fingerprint density at radius 3 is 1.75 bits per heavy atom. The second-order valence-corrected chi connectivity index (χ2v) is 20.6. The van der Waals surface area contributed by atoms with Crippen molar-refractivity contribution >= 4 is 55.6 Å². The van der Waals surface area contributed by atoms with Crippen molar-refractivity contribution in [1.82, 2.24) is 14.1 Å². The van der Waals surface area contributed by atoms with Crippen LogP contribution < -0.4 is 14.5 Å². The summed E-state index contributed by atoms with van der Waals surface area (Å²) in [4.78, 5) is 10.0. The van der Waals surface area contributed by atoms with Crippen molar-refractivity contribution in [3.8, 4) is 23.0 Å². The molecule has 1 aliphatic heterocycles. The summed E-state index contributed by atoms with van der Waals surface area (Å²) in [6, 6.07) is 65.6. The Balaban J connectivity index is 1.07. The maximum atomic E-state index is 7.10. The van der Waals surface area contributed by atoms with Crippen LogP contribution in [0, 0.1) is 0 Å². The monoisotopic (exact) mass is 875 g/mol. The van der Waals surface area contributed by atoms with Gasteiger partial charge < -0.3 is 19.1 Å². The number of para-hydroxylation sites is 4. The number of benzene rings is 7. The van der Waals surface area contributed by atoms with Crippen molar-refractivity contribution in [1.29, 1.82) is 0 Å². The molecule has 0 N–H and O–H groups in total. The molecule has 3 aromatic heterocycles. The summed E-state index contributed by atoms with van der Waals surface area (Å²) in [5.41, 5.74) is 14.7. The van der Waals surface area contributed by atoms with Gasteiger partial charge in [-0.3, -0.25) is 4.57 Å². The van der Waals surface area contributed by atoms with Crippen molar-refractivity contribution < 1.29 is 4.74 Å². The number of hydrogen-bond acceptors (Lipinski definition) is 4. The van der Waals surface area contributed by atoms with Crippen LogP contribution in [0.5, 0.6) is 11.5 Å². The molecular weight excluding hydrogens is 819 g/mol. The molecule has 0 bridgehead atoms. The van der Waals surface area contributed by atoms with E-state index in [2.05, 4.69) is 256 Å². The summed E-state index contributed by atoms with van der Waals surface area (Å²) < 4.78 is 11.8. The SMILES string of the molecule is CC(C)(C)c1cccc(N2CN(c3cc(Oc4ccc5c(c4)n(-c4cc(C(C)(C)c6ccccc6)ccn4)c4c6ccccc6n(-c6ccccc6)c54)cc(C(C)(C)C)c3)c3ccccc32)c1. The number of ether oxygens (including phenoxy) is 1. The van der Waals surface area contributed by atoms with Crippen LogP contribution in [-0.4, -0.2) is 20.8 Å².